The average molecular weight is 287 g/mol. The van der Waals surface area contributed by atoms with E-state index in [-0.39, 0.29) is 6.10 Å². The highest BCUT2D eigenvalue weighted by atomic mass is 16.3. The van der Waals surface area contributed by atoms with E-state index in [2.05, 4.69) is 36.1 Å². The smallest absolute Gasteiger partial charge is 0.0802 e. The van der Waals surface area contributed by atoms with E-state index in [4.69, 9.17) is 0 Å². The van der Waals surface area contributed by atoms with Crippen molar-refractivity contribution in [1.82, 2.24) is 4.90 Å². The molecule has 1 aliphatic carbocycles. The van der Waals surface area contributed by atoms with Crippen LogP contribution in [0, 0.1) is 12.3 Å². The van der Waals surface area contributed by atoms with E-state index < -0.39 is 0 Å². The van der Waals surface area contributed by atoms with Crippen LogP contribution in [0.25, 0.3) is 0 Å². The van der Waals surface area contributed by atoms with Crippen LogP contribution in [0.2, 0.25) is 0 Å². The highest BCUT2D eigenvalue weighted by molar-refractivity contribution is 5.23. The number of likely N-dealkylation sites (tertiary alicyclic amines) is 1. The minimum atomic E-state index is -0.312. The molecule has 0 amide bonds. The van der Waals surface area contributed by atoms with Crippen molar-refractivity contribution in [1.29, 1.82) is 0 Å². The van der Waals surface area contributed by atoms with Gasteiger partial charge in [-0.1, -0.05) is 42.7 Å². The molecule has 1 aliphatic heterocycles. The first kappa shape index (κ1) is 15.1. The van der Waals surface area contributed by atoms with Crippen LogP contribution in [0.3, 0.4) is 0 Å². The Bertz CT molecular complexity index is 437. The molecular formula is C19H29NO. The minimum absolute atomic E-state index is 0.312. The number of aliphatic hydroxyl groups is 1. The largest absolute Gasteiger partial charge is 0.388 e. The second-order valence-electron chi connectivity index (χ2n) is 7.26. The first-order valence-electron chi connectivity index (χ1n) is 8.64. The van der Waals surface area contributed by atoms with Gasteiger partial charge in [0.05, 0.1) is 6.10 Å². The van der Waals surface area contributed by atoms with Gasteiger partial charge >= 0.3 is 0 Å². The maximum absolute atomic E-state index is 10.3. The van der Waals surface area contributed by atoms with Crippen LogP contribution in [0.4, 0.5) is 0 Å². The molecule has 116 valence electrons. The molecule has 1 aromatic carbocycles. The highest BCUT2D eigenvalue weighted by Crippen LogP contribution is 2.46. The summed E-state index contributed by atoms with van der Waals surface area (Å²) in [6, 6.07) is 8.29. The Morgan fingerprint density at radius 1 is 1.05 bits per heavy atom. The summed E-state index contributed by atoms with van der Waals surface area (Å²) in [5.41, 5.74) is 3.01. The summed E-state index contributed by atoms with van der Waals surface area (Å²) in [5.74, 6) is 0. The molecule has 1 saturated heterocycles. The second-order valence-corrected chi connectivity index (χ2v) is 7.26. The minimum Gasteiger partial charge on any atom is -0.388 e. The summed E-state index contributed by atoms with van der Waals surface area (Å²) in [4.78, 5) is 2.56. The number of nitrogens with zero attached hydrogens (tertiary/aromatic N) is 1. The van der Waals surface area contributed by atoms with Crippen molar-refractivity contribution in [2.24, 2.45) is 5.41 Å². The zero-order chi connectivity index (χ0) is 14.7. The Morgan fingerprint density at radius 3 is 2.29 bits per heavy atom. The van der Waals surface area contributed by atoms with Gasteiger partial charge < -0.3 is 10.0 Å². The maximum Gasteiger partial charge on any atom is 0.0802 e. The van der Waals surface area contributed by atoms with Gasteiger partial charge in [-0.2, -0.15) is 0 Å². The van der Waals surface area contributed by atoms with Crippen molar-refractivity contribution < 1.29 is 5.11 Å². The van der Waals surface area contributed by atoms with E-state index in [1.165, 1.54) is 57.2 Å². The topological polar surface area (TPSA) is 23.5 Å². The third-order valence-corrected chi connectivity index (χ3v) is 5.76. The monoisotopic (exact) mass is 287 g/mol. The maximum atomic E-state index is 10.3. The van der Waals surface area contributed by atoms with E-state index in [0.29, 0.717) is 5.41 Å². The fourth-order valence-electron chi connectivity index (χ4n) is 4.14. The Hall–Kier alpha value is -0.860. The predicted octanol–water partition coefficient (Wildman–Crippen LogP) is 4.07. The Balaban J connectivity index is 1.44. The van der Waals surface area contributed by atoms with Crippen LogP contribution in [0.1, 0.15) is 62.2 Å². The molecule has 1 aromatic rings. The summed E-state index contributed by atoms with van der Waals surface area (Å²) in [6.07, 6.45) is 9.14. The number of piperidine rings is 1. The van der Waals surface area contributed by atoms with E-state index >= 15 is 0 Å². The van der Waals surface area contributed by atoms with Crippen LogP contribution >= 0.6 is 0 Å². The van der Waals surface area contributed by atoms with Gasteiger partial charge in [-0.15, -0.1) is 0 Å². The van der Waals surface area contributed by atoms with Gasteiger partial charge in [0.25, 0.3) is 0 Å². The molecule has 0 bridgehead atoms. The number of benzene rings is 1. The van der Waals surface area contributed by atoms with Gasteiger partial charge in [-0.05, 0) is 63.1 Å². The molecule has 2 nitrogen and oxygen atoms in total. The van der Waals surface area contributed by atoms with Crippen molar-refractivity contribution in [2.45, 2.75) is 58.0 Å². The molecule has 2 heteroatoms. The standard InChI is InChI=1S/C19H29NO/c1-16-4-6-17(7-5-16)18(21)8-13-20-14-11-19(12-15-20)9-2-3-10-19/h4-7,18,21H,2-3,8-15H2,1H3. The molecule has 1 atom stereocenters. The van der Waals surface area contributed by atoms with Crippen molar-refractivity contribution >= 4 is 0 Å². The zero-order valence-electron chi connectivity index (χ0n) is 13.4. The first-order chi connectivity index (χ1) is 10.2. The molecular weight excluding hydrogens is 258 g/mol. The fraction of sp³-hybridized carbons (Fsp3) is 0.684. The summed E-state index contributed by atoms with van der Waals surface area (Å²) in [7, 11) is 0. The number of aryl methyl sites for hydroxylation is 1. The van der Waals surface area contributed by atoms with E-state index in [1.54, 1.807) is 0 Å². The van der Waals surface area contributed by atoms with Gasteiger partial charge in [-0.3, -0.25) is 0 Å². The quantitative estimate of drug-likeness (QED) is 0.902. The predicted molar refractivity (Wildman–Crippen MR) is 87.3 cm³/mol. The third kappa shape index (κ3) is 3.67. The summed E-state index contributed by atoms with van der Waals surface area (Å²) in [5, 5.41) is 10.3. The number of rotatable bonds is 4. The number of aliphatic hydroxyl groups excluding tert-OH is 1. The molecule has 2 aliphatic rings. The van der Waals surface area contributed by atoms with E-state index in [0.717, 1.165) is 18.5 Å². The Morgan fingerprint density at radius 2 is 1.67 bits per heavy atom. The number of hydrogen-bond donors (Lipinski definition) is 1. The summed E-state index contributed by atoms with van der Waals surface area (Å²) in [6.45, 7) is 5.59. The second kappa shape index (κ2) is 6.50. The lowest BCUT2D eigenvalue weighted by Crippen LogP contribution is -2.39. The van der Waals surface area contributed by atoms with E-state index in [1.807, 2.05) is 0 Å². The van der Waals surface area contributed by atoms with Crippen LogP contribution in [-0.4, -0.2) is 29.6 Å². The zero-order valence-corrected chi connectivity index (χ0v) is 13.4. The van der Waals surface area contributed by atoms with E-state index in [9.17, 15) is 5.11 Å². The molecule has 0 radical (unpaired) electrons. The lowest BCUT2D eigenvalue weighted by atomic mass is 9.77. The van der Waals surface area contributed by atoms with Crippen molar-refractivity contribution in [2.75, 3.05) is 19.6 Å². The van der Waals surface area contributed by atoms with Crippen molar-refractivity contribution in [3.05, 3.63) is 35.4 Å². The lowest BCUT2D eigenvalue weighted by molar-refractivity contribution is 0.0870. The van der Waals surface area contributed by atoms with Crippen molar-refractivity contribution in [3.8, 4) is 0 Å². The molecule has 21 heavy (non-hydrogen) atoms. The molecule has 2 fully saturated rings. The Labute approximate surface area is 129 Å². The first-order valence-corrected chi connectivity index (χ1v) is 8.64. The average Bonchev–Trinajstić information content (AvgIpc) is 2.95. The van der Waals surface area contributed by atoms with Crippen LogP contribution < -0.4 is 0 Å². The molecule has 1 saturated carbocycles. The molecule has 3 rings (SSSR count). The van der Waals surface area contributed by atoms with Crippen LogP contribution in [-0.2, 0) is 0 Å². The van der Waals surface area contributed by atoms with Gasteiger partial charge in [-0.25, -0.2) is 0 Å². The summed E-state index contributed by atoms with van der Waals surface area (Å²) >= 11 is 0. The molecule has 0 aromatic heterocycles. The third-order valence-electron chi connectivity index (χ3n) is 5.76. The SMILES string of the molecule is Cc1ccc(C(O)CCN2CCC3(CCCC3)CC2)cc1. The van der Waals surface area contributed by atoms with Gasteiger partial charge in [0.15, 0.2) is 0 Å². The molecule has 1 spiro atoms. The lowest BCUT2D eigenvalue weighted by Gasteiger charge is -2.39. The van der Waals surface area contributed by atoms with Gasteiger partial charge in [0.1, 0.15) is 0 Å². The fourth-order valence-corrected chi connectivity index (χ4v) is 4.14. The molecule has 1 unspecified atom stereocenters. The van der Waals surface area contributed by atoms with Gasteiger partial charge in [0, 0.05) is 6.54 Å². The van der Waals surface area contributed by atoms with Crippen LogP contribution in [0.15, 0.2) is 24.3 Å². The molecule has 1 N–H and O–H groups in total. The highest BCUT2D eigenvalue weighted by Gasteiger charge is 2.36. The van der Waals surface area contributed by atoms with Crippen LogP contribution in [0.5, 0.6) is 0 Å². The number of hydrogen-bond acceptors (Lipinski definition) is 2. The normalized spacial score (nSPS) is 23.5. The van der Waals surface area contributed by atoms with Crippen molar-refractivity contribution in [3.63, 3.8) is 0 Å². The Kier molecular flexibility index (Phi) is 4.66. The summed E-state index contributed by atoms with van der Waals surface area (Å²) < 4.78 is 0. The molecule has 1 heterocycles. The van der Waals surface area contributed by atoms with Gasteiger partial charge in [0.2, 0.25) is 0 Å².